The zero-order valence-corrected chi connectivity index (χ0v) is 43.8. The number of carbonyl (C=O) groups excluding carboxylic acids is 2. The van der Waals surface area contributed by atoms with E-state index in [1.54, 1.807) is 0 Å². The molecule has 398 valence electrons. The first kappa shape index (κ1) is 66.0. The van der Waals surface area contributed by atoms with Crippen LogP contribution >= 0.6 is 15.6 Å². The van der Waals surface area contributed by atoms with E-state index in [0.717, 1.165) is 70.6 Å². The van der Waals surface area contributed by atoms with Crippen molar-refractivity contribution in [2.75, 3.05) is 39.6 Å². The largest absolute Gasteiger partial charge is 0.472 e. The van der Waals surface area contributed by atoms with Crippen molar-refractivity contribution in [2.45, 2.75) is 225 Å². The molecule has 0 saturated heterocycles. The first-order chi connectivity index (χ1) is 32.8. The maximum atomic E-state index is 12.2. The molecular formula is C51H94O15P2. The van der Waals surface area contributed by atoms with E-state index in [9.17, 15) is 43.8 Å². The summed E-state index contributed by atoms with van der Waals surface area (Å²) in [5.41, 5.74) is 0. The van der Waals surface area contributed by atoms with Gasteiger partial charge in [-0.2, -0.15) is 0 Å². The molecule has 5 N–H and O–H groups in total. The summed E-state index contributed by atoms with van der Waals surface area (Å²) < 4.78 is 53.1. The van der Waals surface area contributed by atoms with Crippen LogP contribution in [0, 0.1) is 0 Å². The zero-order chi connectivity index (χ0) is 50.2. The number of hydrogen-bond acceptors (Lipinski definition) is 13. The topological polar surface area (TPSA) is 225 Å². The van der Waals surface area contributed by atoms with Crippen LogP contribution in [0.4, 0.5) is 0 Å². The smallest absolute Gasteiger partial charge is 0.463 e. The molecule has 0 aliphatic rings. The maximum absolute atomic E-state index is 12.2. The quantitative estimate of drug-likeness (QED) is 0.0165. The summed E-state index contributed by atoms with van der Waals surface area (Å²) in [4.78, 5) is 43.8. The van der Waals surface area contributed by atoms with E-state index in [2.05, 4.69) is 76.0 Å². The van der Waals surface area contributed by atoms with Gasteiger partial charge in [0.1, 0.15) is 31.5 Å². The first-order valence-corrected chi connectivity index (χ1v) is 29.0. The van der Waals surface area contributed by atoms with E-state index in [1.807, 2.05) is 0 Å². The van der Waals surface area contributed by atoms with Crippen molar-refractivity contribution in [1.29, 1.82) is 0 Å². The number of unbranched alkanes of at least 4 members (excludes halogenated alkanes) is 22. The minimum atomic E-state index is -4.79. The highest BCUT2D eigenvalue weighted by atomic mass is 31.2. The molecule has 5 unspecified atom stereocenters. The third kappa shape index (κ3) is 49.0. The summed E-state index contributed by atoms with van der Waals surface area (Å²) in [6.45, 7) is 0.393. The predicted octanol–water partition coefficient (Wildman–Crippen LogP) is 12.4. The van der Waals surface area contributed by atoms with E-state index in [0.29, 0.717) is 12.8 Å². The average Bonchev–Trinajstić information content (AvgIpc) is 3.31. The Morgan fingerprint density at radius 1 is 0.382 bits per heavy atom. The number of phosphoric ester groups is 2. The van der Waals surface area contributed by atoms with Gasteiger partial charge < -0.3 is 34.6 Å². The minimum Gasteiger partial charge on any atom is -0.463 e. The Morgan fingerprint density at radius 3 is 0.971 bits per heavy atom. The van der Waals surface area contributed by atoms with Crippen molar-refractivity contribution < 1.29 is 71.4 Å². The summed E-state index contributed by atoms with van der Waals surface area (Å²) in [6.07, 6.45) is 45.2. The molecule has 0 amide bonds. The molecule has 0 bridgehead atoms. The van der Waals surface area contributed by atoms with E-state index in [1.165, 1.54) is 96.3 Å². The number of phosphoric acid groups is 2. The molecule has 15 nitrogen and oxygen atoms in total. The second-order valence-electron chi connectivity index (χ2n) is 17.5. The number of esters is 2. The summed E-state index contributed by atoms with van der Waals surface area (Å²) in [5.74, 6) is -1.01. The molecule has 68 heavy (non-hydrogen) atoms. The lowest BCUT2D eigenvalue weighted by molar-refractivity contribution is -0.148. The standard InChI is InChI=1S/C51H94O15P2/c1-3-5-7-9-11-13-15-17-19-20-21-22-23-24-26-28-30-32-34-36-38-40-51(56)62-42-48(53)44-64-68(59,60)66-46-49(54)45-65-67(57,58)63-43-47(52)41-61-50(55)39-37-35-33-31-29-27-25-18-16-14-12-10-8-6-4-2/h11,13,17,19,21-22,24,26,47-49,52-54H,3-10,12,14-16,18,20,23,25,27-46H2,1-2H3,(H,57,58)(H,59,60)/b13-11-,19-17-,22-21-,26-24-. The predicted molar refractivity (Wildman–Crippen MR) is 270 cm³/mol. The van der Waals surface area contributed by atoms with Crippen molar-refractivity contribution >= 4 is 27.6 Å². The highest BCUT2D eigenvalue weighted by Crippen LogP contribution is 2.45. The first-order valence-electron chi connectivity index (χ1n) is 26.0. The zero-order valence-electron chi connectivity index (χ0n) is 42.0. The molecule has 5 atom stereocenters. The van der Waals surface area contributed by atoms with E-state index < -0.39 is 85.5 Å². The van der Waals surface area contributed by atoms with Crippen LogP contribution in [0.3, 0.4) is 0 Å². The van der Waals surface area contributed by atoms with Crippen molar-refractivity contribution in [3.63, 3.8) is 0 Å². The third-order valence-electron chi connectivity index (χ3n) is 10.8. The van der Waals surface area contributed by atoms with Gasteiger partial charge in [-0.3, -0.25) is 27.7 Å². The number of allylic oxidation sites excluding steroid dienone is 8. The fourth-order valence-corrected chi connectivity index (χ4v) is 8.32. The number of ether oxygens (including phenoxy) is 2. The Labute approximate surface area is 410 Å². The summed E-state index contributed by atoms with van der Waals surface area (Å²) in [7, 11) is -9.58. The molecule has 0 aliphatic heterocycles. The Balaban J connectivity index is 3.88. The molecule has 0 radical (unpaired) electrons. The van der Waals surface area contributed by atoms with Gasteiger partial charge in [0, 0.05) is 12.8 Å². The normalized spacial score (nSPS) is 15.3. The van der Waals surface area contributed by atoms with Gasteiger partial charge in [0.25, 0.3) is 0 Å². The highest BCUT2D eigenvalue weighted by molar-refractivity contribution is 7.47. The molecule has 0 heterocycles. The second-order valence-corrected chi connectivity index (χ2v) is 20.4. The lowest BCUT2D eigenvalue weighted by Gasteiger charge is -2.19. The fraction of sp³-hybridized carbons (Fsp3) is 0.804. The molecule has 0 rings (SSSR count). The monoisotopic (exact) mass is 1010 g/mol. The molecule has 0 fully saturated rings. The minimum absolute atomic E-state index is 0.174. The maximum Gasteiger partial charge on any atom is 0.472 e. The van der Waals surface area contributed by atoms with Gasteiger partial charge in [-0.15, -0.1) is 0 Å². The molecule has 0 saturated carbocycles. The molecule has 0 aromatic rings. The van der Waals surface area contributed by atoms with E-state index >= 15 is 0 Å². The van der Waals surface area contributed by atoms with Gasteiger partial charge in [-0.25, -0.2) is 9.13 Å². The van der Waals surface area contributed by atoms with Crippen LogP contribution in [0.5, 0.6) is 0 Å². The number of carbonyl (C=O) groups is 2. The number of aliphatic hydroxyl groups excluding tert-OH is 3. The van der Waals surface area contributed by atoms with Gasteiger partial charge in [0.2, 0.25) is 0 Å². The Hall–Kier alpha value is -2.00. The van der Waals surface area contributed by atoms with Crippen molar-refractivity contribution in [3.8, 4) is 0 Å². The second kappa shape index (κ2) is 47.3. The summed E-state index contributed by atoms with van der Waals surface area (Å²) >= 11 is 0. The van der Waals surface area contributed by atoms with Gasteiger partial charge in [-0.05, 0) is 57.8 Å². The fourth-order valence-electron chi connectivity index (χ4n) is 6.73. The lowest BCUT2D eigenvalue weighted by Crippen LogP contribution is -2.25. The highest BCUT2D eigenvalue weighted by Gasteiger charge is 2.28. The summed E-state index contributed by atoms with van der Waals surface area (Å²) in [6, 6.07) is 0. The van der Waals surface area contributed by atoms with Gasteiger partial charge in [0.05, 0.1) is 26.4 Å². The van der Waals surface area contributed by atoms with Crippen LogP contribution in [-0.4, -0.2) is 95.0 Å². The molecule has 0 aliphatic carbocycles. The van der Waals surface area contributed by atoms with Crippen LogP contribution in [0.25, 0.3) is 0 Å². The van der Waals surface area contributed by atoms with Crippen LogP contribution in [-0.2, 0) is 46.3 Å². The van der Waals surface area contributed by atoms with E-state index in [-0.39, 0.29) is 12.8 Å². The number of rotatable bonds is 50. The molecule has 0 aromatic carbocycles. The molecule has 0 aromatic heterocycles. The van der Waals surface area contributed by atoms with Gasteiger partial charge >= 0.3 is 27.6 Å². The van der Waals surface area contributed by atoms with Crippen molar-refractivity contribution in [2.24, 2.45) is 0 Å². The van der Waals surface area contributed by atoms with Crippen LogP contribution < -0.4 is 0 Å². The average molecular weight is 1010 g/mol. The van der Waals surface area contributed by atoms with Crippen molar-refractivity contribution in [1.82, 2.24) is 0 Å². The molecular weight excluding hydrogens is 914 g/mol. The Bertz CT molecular complexity index is 1410. The van der Waals surface area contributed by atoms with Crippen molar-refractivity contribution in [3.05, 3.63) is 48.6 Å². The Kier molecular flexibility index (Phi) is 45.9. The van der Waals surface area contributed by atoms with Crippen LogP contribution in [0.1, 0.15) is 206 Å². The number of hydrogen-bond donors (Lipinski definition) is 5. The third-order valence-corrected chi connectivity index (χ3v) is 12.7. The number of aliphatic hydroxyl groups is 3. The van der Waals surface area contributed by atoms with Gasteiger partial charge in [-0.1, -0.05) is 184 Å². The summed E-state index contributed by atoms with van der Waals surface area (Å²) in [5, 5.41) is 30.1. The van der Waals surface area contributed by atoms with Crippen LogP contribution in [0.2, 0.25) is 0 Å². The Morgan fingerprint density at radius 2 is 0.632 bits per heavy atom. The van der Waals surface area contributed by atoms with E-state index in [4.69, 9.17) is 14.0 Å². The van der Waals surface area contributed by atoms with Gasteiger partial charge in [0.15, 0.2) is 0 Å². The molecule has 17 heteroatoms. The lowest BCUT2D eigenvalue weighted by atomic mass is 10.0. The SMILES string of the molecule is CCCCC/C=C\C/C=C\C/C=C\C/C=C\CCCCCCCC(=O)OCC(O)COP(=O)(O)OCC(O)COP(=O)(O)OCC(O)COC(=O)CCCCCCCCCCCCCCCCC. The molecule has 0 spiro atoms. The van der Waals surface area contributed by atoms with Crippen LogP contribution in [0.15, 0.2) is 48.6 Å².